The maximum absolute atomic E-state index is 14.2. The van der Waals surface area contributed by atoms with Crippen LogP contribution in [-0.4, -0.2) is 14.2 Å². The summed E-state index contributed by atoms with van der Waals surface area (Å²) in [6.07, 6.45) is 0. The normalized spacial score (nSPS) is 12.3. The second-order valence-electron chi connectivity index (χ2n) is 4.70. The minimum atomic E-state index is -0.921. The molecule has 2 rings (SSSR count). The van der Waals surface area contributed by atoms with E-state index in [9.17, 15) is 13.2 Å². The van der Waals surface area contributed by atoms with Crippen LogP contribution in [0.25, 0.3) is 0 Å². The van der Waals surface area contributed by atoms with Crippen molar-refractivity contribution >= 4 is 0 Å². The molecule has 0 amide bonds. The molecule has 1 atom stereocenters. The van der Waals surface area contributed by atoms with Crippen molar-refractivity contribution in [3.8, 4) is 5.75 Å². The third-order valence-corrected chi connectivity index (χ3v) is 3.42. The zero-order chi connectivity index (χ0) is 15.6. The highest BCUT2D eigenvalue weighted by atomic mass is 19.1. The fourth-order valence-corrected chi connectivity index (χ4v) is 2.27. The van der Waals surface area contributed by atoms with Gasteiger partial charge < -0.3 is 10.1 Å². The number of hydrogen-bond donors (Lipinski definition) is 1. The predicted octanol–water partition coefficient (Wildman–Crippen LogP) is 3.73. The molecule has 5 heteroatoms. The zero-order valence-electron chi connectivity index (χ0n) is 12.0. The molecule has 0 bridgehead atoms. The van der Waals surface area contributed by atoms with E-state index >= 15 is 0 Å². The van der Waals surface area contributed by atoms with Crippen LogP contribution in [0.4, 0.5) is 13.2 Å². The van der Waals surface area contributed by atoms with Crippen molar-refractivity contribution in [1.82, 2.24) is 5.32 Å². The number of methoxy groups -OCH3 is 1. The number of hydrogen-bond acceptors (Lipinski definition) is 2. The van der Waals surface area contributed by atoms with Crippen molar-refractivity contribution in [2.45, 2.75) is 13.0 Å². The highest BCUT2D eigenvalue weighted by Crippen LogP contribution is 2.31. The Labute approximate surface area is 121 Å². The fraction of sp³-hybridized carbons (Fsp3) is 0.250. The van der Waals surface area contributed by atoms with Gasteiger partial charge in [-0.25, -0.2) is 13.2 Å². The van der Waals surface area contributed by atoms with E-state index in [1.807, 2.05) is 0 Å². The molecule has 0 aliphatic heterocycles. The van der Waals surface area contributed by atoms with Crippen LogP contribution >= 0.6 is 0 Å². The first-order valence-corrected chi connectivity index (χ1v) is 6.44. The molecule has 1 N–H and O–H groups in total. The lowest BCUT2D eigenvalue weighted by molar-refractivity contribution is 0.409. The standard InChI is InChI=1S/C16H16F3NO/c1-9-4-7-12(17)14(15(9)19)16(20-2)11-6-5-10(21-3)8-13(11)18/h4-8,16,20H,1-3H3. The van der Waals surface area contributed by atoms with Crippen molar-refractivity contribution in [2.24, 2.45) is 0 Å². The van der Waals surface area contributed by atoms with Gasteiger partial charge in [-0.3, -0.25) is 0 Å². The number of rotatable bonds is 4. The maximum atomic E-state index is 14.2. The third kappa shape index (κ3) is 2.88. The monoisotopic (exact) mass is 295 g/mol. The number of nitrogens with one attached hydrogen (secondary N) is 1. The van der Waals surface area contributed by atoms with Gasteiger partial charge in [0.05, 0.1) is 13.2 Å². The third-order valence-electron chi connectivity index (χ3n) is 3.42. The van der Waals surface area contributed by atoms with Crippen molar-refractivity contribution in [3.63, 3.8) is 0 Å². The maximum Gasteiger partial charge on any atom is 0.134 e. The summed E-state index contributed by atoms with van der Waals surface area (Å²) in [6, 6.07) is 5.80. The van der Waals surface area contributed by atoms with Crippen LogP contribution in [0.3, 0.4) is 0 Å². The Hall–Kier alpha value is -2.01. The molecule has 2 nitrogen and oxygen atoms in total. The Morgan fingerprint density at radius 1 is 1.05 bits per heavy atom. The Morgan fingerprint density at radius 3 is 2.33 bits per heavy atom. The van der Waals surface area contributed by atoms with Crippen molar-refractivity contribution in [3.05, 3.63) is 64.5 Å². The summed E-state index contributed by atoms with van der Waals surface area (Å²) < 4.78 is 47.3. The zero-order valence-corrected chi connectivity index (χ0v) is 12.0. The number of benzene rings is 2. The van der Waals surface area contributed by atoms with E-state index in [-0.39, 0.29) is 11.1 Å². The molecule has 2 aromatic rings. The molecule has 112 valence electrons. The molecule has 0 aromatic heterocycles. The SMILES string of the molecule is CNC(c1ccc(OC)cc1F)c1c(F)ccc(C)c1F. The van der Waals surface area contributed by atoms with E-state index in [2.05, 4.69) is 5.32 Å². The second kappa shape index (κ2) is 6.18. The lowest BCUT2D eigenvalue weighted by Gasteiger charge is -2.20. The molecule has 0 aliphatic carbocycles. The van der Waals surface area contributed by atoms with Gasteiger partial charge in [0, 0.05) is 17.2 Å². The summed E-state index contributed by atoms with van der Waals surface area (Å²) in [5.41, 5.74) is 0.267. The first kappa shape index (κ1) is 15.4. The summed E-state index contributed by atoms with van der Waals surface area (Å²) in [5.74, 6) is -1.64. The average Bonchev–Trinajstić information content (AvgIpc) is 2.48. The van der Waals surface area contributed by atoms with Gasteiger partial charge in [0.15, 0.2) is 0 Å². The van der Waals surface area contributed by atoms with Crippen LogP contribution in [0.15, 0.2) is 30.3 Å². The molecule has 0 saturated carbocycles. The fourth-order valence-electron chi connectivity index (χ4n) is 2.27. The Balaban J connectivity index is 2.58. The molecular formula is C16H16F3NO. The minimum absolute atomic E-state index is 0.154. The predicted molar refractivity (Wildman–Crippen MR) is 74.9 cm³/mol. The minimum Gasteiger partial charge on any atom is -0.497 e. The Kier molecular flexibility index (Phi) is 4.53. The van der Waals surface area contributed by atoms with Gasteiger partial charge in [0.2, 0.25) is 0 Å². The van der Waals surface area contributed by atoms with Gasteiger partial charge >= 0.3 is 0 Å². The van der Waals surface area contributed by atoms with Crippen molar-refractivity contribution in [1.29, 1.82) is 0 Å². The highest BCUT2D eigenvalue weighted by molar-refractivity contribution is 5.39. The molecule has 0 heterocycles. The highest BCUT2D eigenvalue weighted by Gasteiger charge is 2.24. The summed E-state index contributed by atoms with van der Waals surface area (Å²) >= 11 is 0. The van der Waals surface area contributed by atoms with E-state index < -0.39 is 23.5 Å². The average molecular weight is 295 g/mol. The van der Waals surface area contributed by atoms with Crippen molar-refractivity contribution < 1.29 is 17.9 Å². The Bertz CT molecular complexity index is 658. The van der Waals surface area contributed by atoms with Crippen LogP contribution in [0.2, 0.25) is 0 Å². The van der Waals surface area contributed by atoms with Crippen LogP contribution in [0, 0.1) is 24.4 Å². The van der Waals surface area contributed by atoms with Gasteiger partial charge in [-0.05, 0) is 31.7 Å². The van der Waals surface area contributed by atoms with Crippen LogP contribution in [-0.2, 0) is 0 Å². The van der Waals surface area contributed by atoms with Gasteiger partial charge in [0.25, 0.3) is 0 Å². The molecular weight excluding hydrogens is 279 g/mol. The molecule has 0 spiro atoms. The molecule has 0 aliphatic rings. The quantitative estimate of drug-likeness (QED) is 0.928. The van der Waals surface area contributed by atoms with E-state index in [1.165, 1.54) is 45.3 Å². The van der Waals surface area contributed by atoms with Gasteiger partial charge in [-0.2, -0.15) is 0 Å². The first-order chi connectivity index (χ1) is 9.99. The van der Waals surface area contributed by atoms with Gasteiger partial charge in [-0.1, -0.05) is 12.1 Å². The number of halogens is 3. The van der Waals surface area contributed by atoms with Gasteiger partial charge in [0.1, 0.15) is 23.2 Å². The summed E-state index contributed by atoms with van der Waals surface area (Å²) in [7, 11) is 2.94. The molecule has 1 unspecified atom stereocenters. The van der Waals surface area contributed by atoms with E-state index in [0.717, 1.165) is 0 Å². The summed E-state index contributed by atoms with van der Waals surface area (Å²) in [6.45, 7) is 1.54. The van der Waals surface area contributed by atoms with E-state index in [0.29, 0.717) is 11.3 Å². The molecule has 0 fully saturated rings. The Morgan fingerprint density at radius 2 is 1.76 bits per heavy atom. The summed E-state index contributed by atoms with van der Waals surface area (Å²) in [5, 5.41) is 2.76. The lowest BCUT2D eigenvalue weighted by Crippen LogP contribution is -2.22. The molecule has 2 aromatic carbocycles. The van der Waals surface area contributed by atoms with Crippen LogP contribution < -0.4 is 10.1 Å². The second-order valence-corrected chi connectivity index (χ2v) is 4.70. The molecule has 0 saturated heterocycles. The van der Waals surface area contributed by atoms with E-state index in [1.54, 1.807) is 6.07 Å². The van der Waals surface area contributed by atoms with E-state index in [4.69, 9.17) is 4.74 Å². The van der Waals surface area contributed by atoms with Crippen LogP contribution in [0.1, 0.15) is 22.7 Å². The van der Waals surface area contributed by atoms with Crippen molar-refractivity contribution in [2.75, 3.05) is 14.2 Å². The largest absolute Gasteiger partial charge is 0.497 e. The lowest BCUT2D eigenvalue weighted by atomic mass is 9.95. The van der Waals surface area contributed by atoms with Gasteiger partial charge in [-0.15, -0.1) is 0 Å². The van der Waals surface area contributed by atoms with Crippen LogP contribution in [0.5, 0.6) is 5.75 Å². The topological polar surface area (TPSA) is 21.3 Å². The summed E-state index contributed by atoms with van der Waals surface area (Å²) in [4.78, 5) is 0. The first-order valence-electron chi connectivity index (χ1n) is 6.44. The smallest absolute Gasteiger partial charge is 0.134 e. The number of ether oxygens (including phenoxy) is 1. The molecule has 21 heavy (non-hydrogen) atoms. The molecule has 0 radical (unpaired) electrons. The number of aryl methyl sites for hydroxylation is 1.